The summed E-state index contributed by atoms with van der Waals surface area (Å²) in [6.07, 6.45) is 4.24. The first-order valence-electron chi connectivity index (χ1n) is 13.6. The topological polar surface area (TPSA) is 86.1 Å². The third kappa shape index (κ3) is 6.26. The highest BCUT2D eigenvalue weighted by Gasteiger charge is 2.39. The second kappa shape index (κ2) is 10.6. The lowest BCUT2D eigenvalue weighted by Gasteiger charge is -2.36. The van der Waals surface area contributed by atoms with Gasteiger partial charge in [-0.15, -0.1) is 0 Å². The van der Waals surface area contributed by atoms with Crippen molar-refractivity contribution < 1.29 is 23.8 Å². The Labute approximate surface area is 219 Å². The molecule has 3 fully saturated rings. The van der Waals surface area contributed by atoms with E-state index in [2.05, 4.69) is 22.9 Å². The number of morpholine rings is 1. The normalized spacial score (nSPS) is 20.3. The molecule has 1 aromatic carbocycles. The number of carbonyl (C=O) groups is 2. The second-order valence-electron chi connectivity index (χ2n) is 11.6. The molecule has 2 heterocycles. The number of carbonyl (C=O) groups excluding carboxylic acids is 2. The summed E-state index contributed by atoms with van der Waals surface area (Å²) in [5, 5.41) is 6.18. The molecule has 37 heavy (non-hydrogen) atoms. The van der Waals surface area contributed by atoms with E-state index < -0.39 is 17.8 Å². The predicted molar refractivity (Wildman–Crippen MR) is 139 cm³/mol. The van der Waals surface area contributed by atoms with Crippen LogP contribution in [0.25, 0.3) is 10.9 Å². The molecule has 0 bridgehead atoms. The van der Waals surface area contributed by atoms with Crippen LogP contribution in [0.15, 0.2) is 18.2 Å². The van der Waals surface area contributed by atoms with Gasteiger partial charge >= 0.3 is 6.09 Å². The van der Waals surface area contributed by atoms with Crippen molar-refractivity contribution in [2.75, 3.05) is 33.4 Å². The summed E-state index contributed by atoms with van der Waals surface area (Å²) in [6, 6.07) is 6.72. The van der Waals surface area contributed by atoms with E-state index in [-0.39, 0.29) is 18.5 Å². The highest BCUT2D eigenvalue weighted by atomic mass is 16.6. The summed E-state index contributed by atoms with van der Waals surface area (Å²) in [7, 11) is 1.72. The first-order chi connectivity index (χ1) is 17.7. The quantitative estimate of drug-likeness (QED) is 0.471. The van der Waals surface area contributed by atoms with E-state index in [1.807, 2.05) is 25.7 Å². The maximum atomic E-state index is 13.6. The summed E-state index contributed by atoms with van der Waals surface area (Å²) in [5.74, 6) is 0.515. The van der Waals surface area contributed by atoms with Gasteiger partial charge in [-0.3, -0.25) is 9.48 Å². The number of rotatable bonds is 9. The van der Waals surface area contributed by atoms with Crippen LogP contribution >= 0.6 is 0 Å². The fourth-order valence-corrected chi connectivity index (χ4v) is 4.98. The molecule has 202 valence electrons. The van der Waals surface area contributed by atoms with E-state index in [0.29, 0.717) is 32.2 Å². The summed E-state index contributed by atoms with van der Waals surface area (Å²) in [4.78, 5) is 29.8. The van der Waals surface area contributed by atoms with Crippen molar-refractivity contribution in [3.63, 3.8) is 0 Å². The van der Waals surface area contributed by atoms with Crippen LogP contribution in [-0.4, -0.2) is 82.7 Å². The zero-order valence-corrected chi connectivity index (χ0v) is 22.6. The van der Waals surface area contributed by atoms with Crippen molar-refractivity contribution in [2.24, 2.45) is 0 Å². The van der Waals surface area contributed by atoms with Gasteiger partial charge in [0.05, 0.1) is 24.4 Å². The van der Waals surface area contributed by atoms with Crippen molar-refractivity contribution in [2.45, 2.75) is 89.6 Å². The van der Waals surface area contributed by atoms with Crippen LogP contribution in [0.1, 0.15) is 70.1 Å². The molecule has 1 aliphatic heterocycles. The van der Waals surface area contributed by atoms with E-state index in [9.17, 15) is 9.59 Å². The number of aryl methyl sites for hydroxylation is 1. The first-order valence-corrected chi connectivity index (χ1v) is 13.6. The lowest BCUT2D eigenvalue weighted by molar-refractivity contribution is -0.150. The number of ether oxygens (including phenoxy) is 3. The maximum Gasteiger partial charge on any atom is 0.410 e. The Morgan fingerprint density at radius 3 is 2.65 bits per heavy atom. The minimum atomic E-state index is -0.674. The van der Waals surface area contributed by atoms with Gasteiger partial charge in [0.1, 0.15) is 5.60 Å². The third-order valence-corrected chi connectivity index (χ3v) is 7.14. The molecule has 9 heteroatoms. The Kier molecular flexibility index (Phi) is 7.45. The highest BCUT2D eigenvalue weighted by Crippen LogP contribution is 2.42. The maximum absolute atomic E-state index is 13.6. The number of hydrogen-bond donors (Lipinski definition) is 0. The summed E-state index contributed by atoms with van der Waals surface area (Å²) in [5.41, 5.74) is 2.83. The fourth-order valence-electron chi connectivity index (χ4n) is 4.98. The summed E-state index contributed by atoms with van der Waals surface area (Å²) in [6.45, 7) is 8.53. The van der Waals surface area contributed by atoms with Crippen LogP contribution in [0.2, 0.25) is 0 Å². The molecule has 3 aliphatic rings. The number of hydrogen-bond acceptors (Lipinski definition) is 6. The Hall–Kier alpha value is -2.65. The van der Waals surface area contributed by atoms with Crippen LogP contribution in [0.4, 0.5) is 4.79 Å². The average molecular weight is 513 g/mol. The van der Waals surface area contributed by atoms with E-state index in [1.54, 1.807) is 12.0 Å². The Balaban J connectivity index is 1.32. The zero-order valence-electron chi connectivity index (χ0n) is 22.6. The van der Waals surface area contributed by atoms with Crippen molar-refractivity contribution in [1.29, 1.82) is 0 Å². The van der Waals surface area contributed by atoms with Crippen molar-refractivity contribution in [1.82, 2.24) is 19.6 Å². The fraction of sp³-hybridized carbons (Fsp3) is 0.679. The number of methoxy groups -OCH3 is 1. The number of benzene rings is 1. The van der Waals surface area contributed by atoms with Gasteiger partial charge in [-0.25, -0.2) is 4.79 Å². The monoisotopic (exact) mass is 512 g/mol. The van der Waals surface area contributed by atoms with Crippen LogP contribution in [0.5, 0.6) is 0 Å². The van der Waals surface area contributed by atoms with E-state index in [4.69, 9.17) is 19.3 Å². The molecular weight excluding hydrogens is 472 g/mol. The van der Waals surface area contributed by atoms with Gasteiger partial charge in [0, 0.05) is 50.7 Å². The van der Waals surface area contributed by atoms with Gasteiger partial charge in [-0.1, -0.05) is 12.1 Å². The molecule has 2 amide bonds. The first kappa shape index (κ1) is 26.0. The molecular formula is C28H40N4O5. The third-order valence-electron chi connectivity index (χ3n) is 7.14. The standard InChI is InChI=1S/C28H40N4O5/c1-28(2,3)37-27(34)30-13-15-36-24(18-30)26(33)31(21-9-10-21)17-19-6-11-22-23(16-19)32(12-5-14-35-4)29-25(22)20-7-8-20/h6,11,16,20-21,24H,5,7-10,12-15,17-18H2,1-4H3/t24-/m1/s1. The number of nitrogens with zero attached hydrogens (tertiary/aromatic N) is 4. The van der Waals surface area contributed by atoms with Crippen molar-refractivity contribution >= 4 is 22.9 Å². The van der Waals surface area contributed by atoms with Crippen molar-refractivity contribution in [3.05, 3.63) is 29.5 Å². The highest BCUT2D eigenvalue weighted by molar-refractivity contribution is 5.85. The molecule has 5 rings (SSSR count). The van der Waals surface area contributed by atoms with Crippen LogP contribution in [0, 0.1) is 0 Å². The van der Waals surface area contributed by atoms with Gasteiger partial charge in [0.25, 0.3) is 5.91 Å². The minimum Gasteiger partial charge on any atom is -0.444 e. The molecule has 0 radical (unpaired) electrons. The van der Waals surface area contributed by atoms with Crippen LogP contribution in [-0.2, 0) is 32.1 Å². The Bertz CT molecular complexity index is 1130. The Morgan fingerprint density at radius 2 is 1.97 bits per heavy atom. The molecule has 0 spiro atoms. The molecule has 9 nitrogen and oxygen atoms in total. The zero-order chi connectivity index (χ0) is 26.2. The molecule has 2 aliphatic carbocycles. The minimum absolute atomic E-state index is 0.0527. The SMILES string of the molecule is COCCCn1nc(C2CC2)c2ccc(CN(C(=O)[C@H]3CN(C(=O)OC(C)(C)C)CCO3)C3CC3)cc21. The van der Waals surface area contributed by atoms with Gasteiger partial charge in [0.15, 0.2) is 6.10 Å². The van der Waals surface area contributed by atoms with Crippen LogP contribution < -0.4 is 0 Å². The molecule has 0 N–H and O–H groups in total. The molecule has 1 saturated heterocycles. The average Bonchev–Trinajstić information content (AvgIpc) is 3.79. The summed E-state index contributed by atoms with van der Waals surface area (Å²) < 4.78 is 18.7. The molecule has 1 aromatic heterocycles. The number of fused-ring (bicyclic) bond motifs is 1. The Morgan fingerprint density at radius 1 is 1.19 bits per heavy atom. The van der Waals surface area contributed by atoms with Crippen molar-refractivity contribution in [3.8, 4) is 0 Å². The van der Waals surface area contributed by atoms with Gasteiger partial charge < -0.3 is 24.0 Å². The van der Waals surface area contributed by atoms with Crippen LogP contribution in [0.3, 0.4) is 0 Å². The lowest BCUT2D eigenvalue weighted by atomic mass is 10.1. The van der Waals surface area contributed by atoms with E-state index in [0.717, 1.165) is 36.9 Å². The van der Waals surface area contributed by atoms with E-state index >= 15 is 0 Å². The largest absolute Gasteiger partial charge is 0.444 e. The second-order valence-corrected chi connectivity index (χ2v) is 11.6. The predicted octanol–water partition coefficient (Wildman–Crippen LogP) is 4.08. The molecule has 1 atom stereocenters. The summed E-state index contributed by atoms with van der Waals surface area (Å²) >= 11 is 0. The molecule has 2 aromatic rings. The van der Waals surface area contributed by atoms with Gasteiger partial charge in [-0.05, 0) is 64.5 Å². The lowest BCUT2D eigenvalue weighted by Crippen LogP contribution is -2.53. The molecule has 2 saturated carbocycles. The van der Waals surface area contributed by atoms with Gasteiger partial charge in [0.2, 0.25) is 0 Å². The molecule has 0 unspecified atom stereocenters. The van der Waals surface area contributed by atoms with Gasteiger partial charge in [-0.2, -0.15) is 5.10 Å². The number of aromatic nitrogens is 2. The number of amides is 2. The van der Waals surface area contributed by atoms with E-state index in [1.165, 1.54) is 23.9 Å². The smallest absolute Gasteiger partial charge is 0.410 e.